The molecular formula is C65H98O6. The predicted molar refractivity (Wildman–Crippen MR) is 306 cm³/mol. The third-order valence-corrected chi connectivity index (χ3v) is 10.7. The maximum Gasteiger partial charge on any atom is 0.306 e. The van der Waals surface area contributed by atoms with E-state index in [1.54, 1.807) is 0 Å². The van der Waals surface area contributed by atoms with Gasteiger partial charge in [-0.25, -0.2) is 0 Å². The largest absolute Gasteiger partial charge is 0.462 e. The smallest absolute Gasteiger partial charge is 0.306 e. The van der Waals surface area contributed by atoms with Gasteiger partial charge in [-0.05, 0) is 135 Å². The molecule has 0 N–H and O–H groups in total. The van der Waals surface area contributed by atoms with E-state index in [9.17, 15) is 14.4 Å². The second kappa shape index (κ2) is 57.3. The Hall–Kier alpha value is -5.23. The number of hydrogen-bond donors (Lipinski definition) is 0. The van der Waals surface area contributed by atoms with Crippen LogP contribution in [0.4, 0.5) is 0 Å². The molecule has 0 heterocycles. The summed E-state index contributed by atoms with van der Waals surface area (Å²) < 4.78 is 16.7. The molecule has 0 saturated heterocycles. The summed E-state index contributed by atoms with van der Waals surface area (Å²) in [5.41, 5.74) is 0. The number of hydrogen-bond acceptors (Lipinski definition) is 6. The van der Waals surface area contributed by atoms with Crippen LogP contribution in [0.3, 0.4) is 0 Å². The van der Waals surface area contributed by atoms with Gasteiger partial charge in [0.1, 0.15) is 13.2 Å². The summed E-state index contributed by atoms with van der Waals surface area (Å²) in [5.74, 6) is -1.08. The van der Waals surface area contributed by atoms with Crippen molar-refractivity contribution in [2.24, 2.45) is 0 Å². The van der Waals surface area contributed by atoms with Crippen molar-refractivity contribution in [3.05, 3.63) is 170 Å². The zero-order valence-electron chi connectivity index (χ0n) is 44.9. The molecule has 0 radical (unpaired) electrons. The van der Waals surface area contributed by atoms with Crippen LogP contribution in [0.25, 0.3) is 0 Å². The topological polar surface area (TPSA) is 78.9 Å². The van der Waals surface area contributed by atoms with Crippen molar-refractivity contribution < 1.29 is 28.6 Å². The van der Waals surface area contributed by atoms with Crippen LogP contribution in [0, 0.1) is 0 Å². The number of carbonyl (C=O) groups is 3. The zero-order chi connectivity index (χ0) is 51.4. The van der Waals surface area contributed by atoms with Gasteiger partial charge in [-0.3, -0.25) is 14.4 Å². The summed E-state index contributed by atoms with van der Waals surface area (Å²) in [7, 11) is 0. The fraction of sp³-hybridized carbons (Fsp3) is 0.523. The molecule has 394 valence electrons. The SMILES string of the molecule is CC/C=C\C/C=C\C/C=C\C/C=C\C/C=C\C/C=C\CCC(=O)OC(COC(=O)CCCCCC/C=C\C/C=C\C/C=C\C/C=C\CC)COC(=O)CCCCCC/C=C\C/C=C\C/C=C\C/C=C\CC. The molecule has 6 nitrogen and oxygen atoms in total. The Balaban J connectivity index is 4.64. The summed E-state index contributed by atoms with van der Waals surface area (Å²) in [6, 6.07) is 0. The van der Waals surface area contributed by atoms with Crippen LogP contribution in [0.5, 0.6) is 0 Å². The lowest BCUT2D eigenvalue weighted by Crippen LogP contribution is -2.30. The molecule has 71 heavy (non-hydrogen) atoms. The van der Waals surface area contributed by atoms with Crippen molar-refractivity contribution in [1.82, 2.24) is 0 Å². The monoisotopic (exact) mass is 975 g/mol. The van der Waals surface area contributed by atoms with Crippen LogP contribution in [-0.2, 0) is 28.6 Å². The van der Waals surface area contributed by atoms with E-state index in [0.29, 0.717) is 19.3 Å². The van der Waals surface area contributed by atoms with E-state index in [2.05, 4.69) is 179 Å². The lowest BCUT2D eigenvalue weighted by molar-refractivity contribution is -0.166. The Morgan fingerprint density at radius 3 is 0.831 bits per heavy atom. The zero-order valence-corrected chi connectivity index (χ0v) is 44.9. The molecule has 0 aliphatic heterocycles. The highest BCUT2D eigenvalue weighted by atomic mass is 16.6. The summed E-state index contributed by atoms with van der Waals surface area (Å²) in [5, 5.41) is 0. The fourth-order valence-electron chi connectivity index (χ4n) is 6.68. The van der Waals surface area contributed by atoms with Gasteiger partial charge in [-0.2, -0.15) is 0 Å². The van der Waals surface area contributed by atoms with Crippen LogP contribution in [-0.4, -0.2) is 37.2 Å². The molecule has 0 amide bonds. The van der Waals surface area contributed by atoms with E-state index in [0.717, 1.165) is 154 Å². The number of rotatable bonds is 47. The number of esters is 3. The van der Waals surface area contributed by atoms with Crippen LogP contribution in [0.2, 0.25) is 0 Å². The van der Waals surface area contributed by atoms with Gasteiger partial charge >= 0.3 is 17.9 Å². The quantitative estimate of drug-likeness (QED) is 0.0262. The van der Waals surface area contributed by atoms with Gasteiger partial charge < -0.3 is 14.2 Å². The number of allylic oxidation sites excluding steroid dienone is 28. The molecule has 6 heteroatoms. The molecule has 0 aromatic heterocycles. The number of unbranched alkanes of at least 4 members (excludes halogenated alkanes) is 8. The Labute approximate surface area is 434 Å². The summed E-state index contributed by atoms with van der Waals surface area (Å²) in [6.45, 7) is 6.17. The molecule has 0 aromatic carbocycles. The minimum absolute atomic E-state index is 0.138. The van der Waals surface area contributed by atoms with Crippen molar-refractivity contribution in [2.75, 3.05) is 13.2 Å². The van der Waals surface area contributed by atoms with E-state index < -0.39 is 12.1 Å². The van der Waals surface area contributed by atoms with Crippen LogP contribution in [0.1, 0.15) is 201 Å². The first-order valence-corrected chi connectivity index (χ1v) is 27.6. The molecule has 0 aliphatic carbocycles. The lowest BCUT2D eigenvalue weighted by atomic mass is 10.1. The normalized spacial score (nSPS) is 13.1. The van der Waals surface area contributed by atoms with Gasteiger partial charge in [0, 0.05) is 19.3 Å². The molecule has 0 fully saturated rings. The second-order valence-corrected chi connectivity index (χ2v) is 17.3. The van der Waals surface area contributed by atoms with Crippen molar-refractivity contribution in [3.8, 4) is 0 Å². The van der Waals surface area contributed by atoms with Gasteiger partial charge in [0.2, 0.25) is 0 Å². The highest BCUT2D eigenvalue weighted by molar-refractivity contribution is 5.71. The molecule has 0 atom stereocenters. The first-order chi connectivity index (χ1) is 35.0. The third kappa shape index (κ3) is 55.6. The lowest BCUT2D eigenvalue weighted by Gasteiger charge is -2.18. The maximum atomic E-state index is 12.8. The average Bonchev–Trinajstić information content (AvgIpc) is 3.37. The predicted octanol–water partition coefficient (Wildman–Crippen LogP) is 18.8. The highest BCUT2D eigenvalue weighted by Crippen LogP contribution is 2.11. The highest BCUT2D eigenvalue weighted by Gasteiger charge is 2.19. The Bertz CT molecular complexity index is 1610. The Morgan fingerprint density at radius 1 is 0.282 bits per heavy atom. The standard InChI is InChI=1S/C65H98O6/c1-4-7-10-13-16-19-22-25-28-31-32-35-38-41-44-47-50-53-56-59-65(68)71-62(60-69-63(66)57-54-51-48-45-42-39-36-33-29-26-23-20-17-14-11-8-5-2)61-70-64(67)58-55-52-49-46-43-40-37-34-30-27-24-21-18-15-12-9-6-3/h7-12,16-21,25-30,32,35-37,39-41,44,50,53,62H,4-6,13-15,22-24,31,33-34,38,42-43,45-49,51-52,54-61H2,1-3H3/b10-7-,11-8-,12-9-,19-16-,20-17-,21-18-,28-25-,29-26-,30-27-,35-32-,39-36-,40-37-,44-41-,53-50-. The van der Waals surface area contributed by atoms with Gasteiger partial charge in [0.15, 0.2) is 6.10 Å². The van der Waals surface area contributed by atoms with Gasteiger partial charge in [-0.1, -0.05) is 217 Å². The first-order valence-electron chi connectivity index (χ1n) is 27.6. The number of carbonyl (C=O) groups excluding carboxylic acids is 3. The van der Waals surface area contributed by atoms with Gasteiger partial charge in [0.05, 0.1) is 0 Å². The van der Waals surface area contributed by atoms with Crippen LogP contribution in [0.15, 0.2) is 170 Å². The first kappa shape index (κ1) is 65.8. The van der Waals surface area contributed by atoms with E-state index in [1.165, 1.54) is 0 Å². The minimum atomic E-state index is -0.849. The molecule has 0 saturated carbocycles. The van der Waals surface area contributed by atoms with Gasteiger partial charge in [0.25, 0.3) is 0 Å². The van der Waals surface area contributed by atoms with E-state index in [1.807, 2.05) is 12.2 Å². The molecule has 0 rings (SSSR count). The molecule has 0 bridgehead atoms. The van der Waals surface area contributed by atoms with E-state index >= 15 is 0 Å². The molecule has 0 aromatic rings. The third-order valence-electron chi connectivity index (χ3n) is 10.7. The summed E-state index contributed by atoms with van der Waals surface area (Å²) >= 11 is 0. The summed E-state index contributed by atoms with van der Waals surface area (Å²) in [6.07, 6.45) is 84.9. The Morgan fingerprint density at radius 2 is 0.535 bits per heavy atom. The minimum Gasteiger partial charge on any atom is -0.462 e. The van der Waals surface area contributed by atoms with Crippen molar-refractivity contribution in [1.29, 1.82) is 0 Å². The second-order valence-electron chi connectivity index (χ2n) is 17.3. The molecule has 0 spiro atoms. The fourth-order valence-corrected chi connectivity index (χ4v) is 6.68. The van der Waals surface area contributed by atoms with E-state index in [4.69, 9.17) is 14.2 Å². The van der Waals surface area contributed by atoms with Crippen molar-refractivity contribution in [3.63, 3.8) is 0 Å². The van der Waals surface area contributed by atoms with Crippen molar-refractivity contribution in [2.45, 2.75) is 207 Å². The average molecular weight is 975 g/mol. The molecular weight excluding hydrogens is 877 g/mol. The van der Waals surface area contributed by atoms with E-state index in [-0.39, 0.29) is 31.6 Å². The Kier molecular flexibility index (Phi) is 53.1. The summed E-state index contributed by atoms with van der Waals surface area (Å²) in [4.78, 5) is 38.1. The molecule has 0 unspecified atom stereocenters. The molecule has 0 aliphatic rings. The van der Waals surface area contributed by atoms with Gasteiger partial charge in [-0.15, -0.1) is 0 Å². The maximum absolute atomic E-state index is 12.8. The van der Waals surface area contributed by atoms with Crippen LogP contribution >= 0.6 is 0 Å². The van der Waals surface area contributed by atoms with Crippen LogP contribution < -0.4 is 0 Å². The van der Waals surface area contributed by atoms with Crippen molar-refractivity contribution >= 4 is 17.9 Å². The number of ether oxygens (including phenoxy) is 3.